The van der Waals surface area contributed by atoms with E-state index in [2.05, 4.69) is 22.6 Å². The fourth-order valence-corrected chi connectivity index (χ4v) is 4.00. The number of benzene rings is 3. The summed E-state index contributed by atoms with van der Waals surface area (Å²) in [5.41, 5.74) is 1.00. The van der Waals surface area contributed by atoms with Crippen molar-refractivity contribution in [3.05, 3.63) is 75.9 Å². The number of methoxy groups -OCH3 is 3. The van der Waals surface area contributed by atoms with Gasteiger partial charge in [-0.2, -0.15) is 8.42 Å². The Balaban J connectivity index is 0.000000222. The smallest absolute Gasteiger partial charge is 0.339 e. The first-order valence-electron chi connectivity index (χ1n) is 8.82. The fraction of sp³-hybridized carbons (Fsp3) is 0.182. The van der Waals surface area contributed by atoms with Crippen LogP contribution in [0.15, 0.2) is 71.6 Å². The van der Waals surface area contributed by atoms with E-state index < -0.39 is 10.1 Å². The molecule has 0 saturated heterocycles. The van der Waals surface area contributed by atoms with E-state index in [1.165, 1.54) is 12.1 Å². The van der Waals surface area contributed by atoms with Crippen LogP contribution in [0.25, 0.3) is 0 Å². The summed E-state index contributed by atoms with van der Waals surface area (Å²) in [6.45, 7) is 1.90. The summed E-state index contributed by atoms with van der Waals surface area (Å²) in [5.74, 6) is 2.57. The minimum absolute atomic E-state index is 0.159. The van der Waals surface area contributed by atoms with E-state index in [0.717, 1.165) is 26.4 Å². The van der Waals surface area contributed by atoms with Crippen molar-refractivity contribution in [3.8, 4) is 23.0 Å². The van der Waals surface area contributed by atoms with E-state index >= 15 is 0 Å². The van der Waals surface area contributed by atoms with Crippen molar-refractivity contribution in [2.24, 2.45) is 0 Å². The van der Waals surface area contributed by atoms with Gasteiger partial charge in [0.05, 0.1) is 24.9 Å². The fourth-order valence-electron chi connectivity index (χ4n) is 2.32. The molecule has 8 heteroatoms. The average molecular weight is 542 g/mol. The second-order valence-corrected chi connectivity index (χ2v) is 8.63. The SMILES string of the molecule is COc1cc(OC)c(I)c(OC)c1.Cc1ccc(S(=O)(=O)Oc2ccccc2)cc1. The highest BCUT2D eigenvalue weighted by atomic mass is 127. The molecule has 0 aliphatic carbocycles. The van der Waals surface area contributed by atoms with Crippen molar-refractivity contribution in [2.45, 2.75) is 11.8 Å². The molecule has 0 fully saturated rings. The lowest BCUT2D eigenvalue weighted by Crippen LogP contribution is -2.09. The van der Waals surface area contributed by atoms with Gasteiger partial charge in [-0.15, -0.1) is 0 Å². The summed E-state index contributed by atoms with van der Waals surface area (Å²) in [4.78, 5) is 0.159. The molecular formula is C22H23IO6S. The number of halogens is 1. The number of aryl methyl sites for hydroxylation is 1. The van der Waals surface area contributed by atoms with Crippen molar-refractivity contribution in [1.29, 1.82) is 0 Å². The molecule has 0 atom stereocenters. The second kappa shape index (κ2) is 11.1. The van der Waals surface area contributed by atoms with Crippen LogP contribution in [0, 0.1) is 10.5 Å². The molecule has 0 bridgehead atoms. The van der Waals surface area contributed by atoms with Crippen LogP contribution < -0.4 is 18.4 Å². The Morgan fingerprint density at radius 2 is 1.27 bits per heavy atom. The number of hydrogen-bond acceptors (Lipinski definition) is 6. The predicted octanol–water partition coefficient (Wildman–Crippen LogP) is 5.08. The summed E-state index contributed by atoms with van der Waals surface area (Å²) in [6, 6.07) is 18.6. The van der Waals surface area contributed by atoms with Crippen molar-refractivity contribution in [3.63, 3.8) is 0 Å². The first-order chi connectivity index (χ1) is 14.3. The predicted molar refractivity (Wildman–Crippen MR) is 124 cm³/mol. The van der Waals surface area contributed by atoms with Gasteiger partial charge in [-0.05, 0) is 53.8 Å². The maximum absolute atomic E-state index is 11.9. The van der Waals surface area contributed by atoms with E-state index in [1.54, 1.807) is 63.8 Å². The van der Waals surface area contributed by atoms with Gasteiger partial charge in [0.15, 0.2) is 0 Å². The van der Waals surface area contributed by atoms with Crippen molar-refractivity contribution in [2.75, 3.05) is 21.3 Å². The van der Waals surface area contributed by atoms with Crippen LogP contribution in [0.3, 0.4) is 0 Å². The summed E-state index contributed by atoms with van der Waals surface area (Å²) < 4.78 is 45.1. The summed E-state index contributed by atoms with van der Waals surface area (Å²) in [7, 11) is 1.12. The Morgan fingerprint density at radius 3 is 1.73 bits per heavy atom. The molecular weight excluding hydrogens is 519 g/mol. The average Bonchev–Trinajstić information content (AvgIpc) is 2.75. The van der Waals surface area contributed by atoms with E-state index in [0.29, 0.717) is 5.75 Å². The van der Waals surface area contributed by atoms with Crippen LogP contribution in [0.5, 0.6) is 23.0 Å². The lowest BCUT2D eigenvalue weighted by Gasteiger charge is -2.10. The van der Waals surface area contributed by atoms with Gasteiger partial charge in [-0.1, -0.05) is 35.9 Å². The van der Waals surface area contributed by atoms with Gasteiger partial charge >= 0.3 is 10.1 Å². The zero-order valence-electron chi connectivity index (χ0n) is 17.1. The maximum atomic E-state index is 11.9. The van der Waals surface area contributed by atoms with Gasteiger partial charge in [-0.3, -0.25) is 0 Å². The normalized spacial score (nSPS) is 10.4. The lowest BCUT2D eigenvalue weighted by atomic mass is 10.2. The van der Waals surface area contributed by atoms with Crippen LogP contribution in [0.1, 0.15) is 5.56 Å². The highest BCUT2D eigenvalue weighted by molar-refractivity contribution is 14.1. The van der Waals surface area contributed by atoms with E-state index in [9.17, 15) is 8.42 Å². The molecule has 0 heterocycles. The third kappa shape index (κ3) is 6.53. The third-order valence-corrected chi connectivity index (χ3v) is 6.24. The van der Waals surface area contributed by atoms with E-state index in [1.807, 2.05) is 19.1 Å². The molecule has 0 aliphatic rings. The Kier molecular flexibility index (Phi) is 8.79. The Hall–Kier alpha value is -2.46. The van der Waals surface area contributed by atoms with E-state index in [4.69, 9.17) is 18.4 Å². The molecule has 0 unspecified atom stereocenters. The van der Waals surface area contributed by atoms with Crippen molar-refractivity contribution >= 4 is 32.7 Å². The van der Waals surface area contributed by atoms with Crippen molar-refractivity contribution in [1.82, 2.24) is 0 Å². The summed E-state index contributed by atoms with van der Waals surface area (Å²) in [5, 5.41) is 0. The Bertz CT molecular complexity index is 1030. The maximum Gasteiger partial charge on any atom is 0.339 e. The molecule has 3 rings (SSSR count). The topological polar surface area (TPSA) is 71.1 Å². The molecule has 0 spiro atoms. The molecule has 0 amide bonds. The molecule has 30 heavy (non-hydrogen) atoms. The van der Waals surface area contributed by atoms with Gasteiger partial charge < -0.3 is 18.4 Å². The van der Waals surface area contributed by atoms with Crippen LogP contribution in [0.2, 0.25) is 0 Å². The largest absolute Gasteiger partial charge is 0.496 e. The third-order valence-electron chi connectivity index (χ3n) is 3.91. The second-order valence-electron chi connectivity index (χ2n) is 6.01. The minimum atomic E-state index is -3.73. The van der Waals surface area contributed by atoms with Crippen LogP contribution in [-0.2, 0) is 10.1 Å². The number of ether oxygens (including phenoxy) is 3. The van der Waals surface area contributed by atoms with Gasteiger partial charge in [-0.25, -0.2) is 0 Å². The quantitative estimate of drug-likeness (QED) is 0.320. The summed E-state index contributed by atoms with van der Waals surface area (Å²) in [6.07, 6.45) is 0. The zero-order valence-corrected chi connectivity index (χ0v) is 20.1. The number of hydrogen-bond donors (Lipinski definition) is 0. The van der Waals surface area contributed by atoms with E-state index in [-0.39, 0.29) is 4.90 Å². The zero-order chi connectivity index (χ0) is 22.1. The number of rotatable bonds is 6. The standard InChI is InChI=1S/C13H12O3S.C9H11IO3/c1-11-7-9-13(10-8-11)17(14,15)16-12-5-3-2-4-6-12;1-11-6-4-7(12-2)9(10)8(5-6)13-3/h2-10H,1H3;4-5H,1-3H3. The summed E-state index contributed by atoms with van der Waals surface area (Å²) >= 11 is 2.17. The van der Waals surface area contributed by atoms with Crippen LogP contribution in [-0.4, -0.2) is 29.7 Å². The molecule has 3 aromatic carbocycles. The van der Waals surface area contributed by atoms with Crippen LogP contribution >= 0.6 is 22.6 Å². The molecule has 0 aromatic heterocycles. The van der Waals surface area contributed by atoms with Gasteiger partial charge in [0.25, 0.3) is 0 Å². The highest BCUT2D eigenvalue weighted by Crippen LogP contribution is 2.34. The Morgan fingerprint density at radius 1 is 0.733 bits per heavy atom. The molecule has 0 saturated carbocycles. The highest BCUT2D eigenvalue weighted by Gasteiger charge is 2.15. The molecule has 0 radical (unpaired) electrons. The van der Waals surface area contributed by atoms with Gasteiger partial charge in [0.1, 0.15) is 27.9 Å². The molecule has 0 aliphatic heterocycles. The Labute approximate surface area is 191 Å². The molecule has 3 aromatic rings. The first kappa shape index (κ1) is 23.8. The number of para-hydroxylation sites is 1. The lowest BCUT2D eigenvalue weighted by molar-refractivity contribution is 0.371. The minimum Gasteiger partial charge on any atom is -0.496 e. The van der Waals surface area contributed by atoms with Crippen LogP contribution in [0.4, 0.5) is 0 Å². The molecule has 0 N–H and O–H groups in total. The van der Waals surface area contributed by atoms with Gasteiger partial charge in [0, 0.05) is 12.1 Å². The van der Waals surface area contributed by atoms with Crippen molar-refractivity contribution < 1.29 is 26.8 Å². The first-order valence-corrected chi connectivity index (χ1v) is 11.3. The monoisotopic (exact) mass is 542 g/mol. The molecule has 160 valence electrons. The van der Waals surface area contributed by atoms with Gasteiger partial charge in [0.2, 0.25) is 0 Å². The molecule has 6 nitrogen and oxygen atoms in total.